The van der Waals surface area contributed by atoms with Gasteiger partial charge in [-0.3, -0.25) is 9.78 Å². The summed E-state index contributed by atoms with van der Waals surface area (Å²) in [5, 5.41) is 19.2. The molecule has 2 heterocycles. The molecule has 0 spiro atoms. The van der Waals surface area contributed by atoms with Gasteiger partial charge in [0.1, 0.15) is 0 Å². The van der Waals surface area contributed by atoms with Gasteiger partial charge in [0.2, 0.25) is 5.95 Å². The molecule has 0 unspecified atom stereocenters. The highest BCUT2D eigenvalue weighted by Gasteiger charge is 2.37. The van der Waals surface area contributed by atoms with E-state index in [1.807, 2.05) is 0 Å². The topological polar surface area (TPSA) is 130 Å². The highest BCUT2D eigenvalue weighted by molar-refractivity contribution is 5.85. The van der Waals surface area contributed by atoms with Gasteiger partial charge in [-0.15, -0.1) is 12.4 Å². The zero-order chi connectivity index (χ0) is 14.4. The summed E-state index contributed by atoms with van der Waals surface area (Å²) in [6.45, 7) is 3.76. The lowest BCUT2D eigenvalue weighted by Gasteiger charge is -2.15. The summed E-state index contributed by atoms with van der Waals surface area (Å²) in [6.07, 6.45) is 1.20. The minimum Gasteiger partial charge on any atom is -0.396 e. The van der Waals surface area contributed by atoms with Crippen molar-refractivity contribution in [2.45, 2.75) is 18.6 Å². The summed E-state index contributed by atoms with van der Waals surface area (Å²) in [7, 11) is 0. The zero-order valence-electron chi connectivity index (χ0n) is 11.1. The standard InChI is InChI=1S/C12H15N5O3.ClH/c1-5-6(3-18)8(19)2-7(5)17-4-14-9-10(17)15-12(13)16-11(9)20;/h4,6-8,18-19H,1-3H2,(H3,13,15,16,20);1H/t6-,7-,8-;/m0./s1. The molecular weight excluding hydrogens is 298 g/mol. The molecule has 5 N–H and O–H groups in total. The van der Waals surface area contributed by atoms with Crippen molar-refractivity contribution in [3.05, 3.63) is 28.8 Å². The number of aromatic nitrogens is 4. The molecule has 2 aromatic rings. The number of halogens is 1. The number of nitrogens with zero attached hydrogens (tertiary/aromatic N) is 3. The van der Waals surface area contributed by atoms with Crippen molar-refractivity contribution >= 4 is 29.5 Å². The number of H-pyrrole nitrogens is 1. The molecule has 0 radical (unpaired) electrons. The van der Waals surface area contributed by atoms with E-state index < -0.39 is 11.7 Å². The van der Waals surface area contributed by atoms with E-state index in [2.05, 4.69) is 21.5 Å². The first-order valence-electron chi connectivity index (χ1n) is 6.23. The Labute approximate surface area is 125 Å². The van der Waals surface area contributed by atoms with Crippen LogP contribution in [0.15, 0.2) is 23.3 Å². The lowest BCUT2D eigenvalue weighted by atomic mass is 10.0. The summed E-state index contributed by atoms with van der Waals surface area (Å²) in [6, 6.07) is -0.263. The lowest BCUT2D eigenvalue weighted by Crippen LogP contribution is -2.17. The molecular formula is C12H16ClN5O3. The number of nitrogen functional groups attached to an aromatic ring is 1. The SMILES string of the molecule is C=C1[C@H](CO)[C@@H](O)C[C@@H]1n1cnc2c(=O)[nH]c(N)nc21.Cl. The van der Waals surface area contributed by atoms with Gasteiger partial charge in [0.05, 0.1) is 25.1 Å². The number of anilines is 1. The smallest absolute Gasteiger partial charge is 0.280 e. The quantitative estimate of drug-likeness (QED) is 0.558. The van der Waals surface area contributed by atoms with E-state index in [9.17, 15) is 15.0 Å². The Morgan fingerprint density at radius 1 is 1.57 bits per heavy atom. The Morgan fingerprint density at radius 2 is 2.29 bits per heavy atom. The molecule has 0 bridgehead atoms. The van der Waals surface area contributed by atoms with Crippen LogP contribution in [0.4, 0.5) is 5.95 Å². The van der Waals surface area contributed by atoms with Crippen LogP contribution < -0.4 is 11.3 Å². The van der Waals surface area contributed by atoms with Gasteiger partial charge in [0.15, 0.2) is 11.2 Å². The molecule has 1 saturated carbocycles. The van der Waals surface area contributed by atoms with Crippen molar-refractivity contribution in [2.75, 3.05) is 12.3 Å². The zero-order valence-corrected chi connectivity index (χ0v) is 11.9. The van der Waals surface area contributed by atoms with Crippen molar-refractivity contribution in [3.8, 4) is 0 Å². The molecule has 8 nitrogen and oxygen atoms in total. The normalized spacial score (nSPS) is 25.2. The monoisotopic (exact) mass is 313 g/mol. The van der Waals surface area contributed by atoms with Crippen molar-refractivity contribution in [2.24, 2.45) is 5.92 Å². The van der Waals surface area contributed by atoms with E-state index in [0.29, 0.717) is 17.6 Å². The molecule has 21 heavy (non-hydrogen) atoms. The first kappa shape index (κ1) is 15.5. The molecule has 0 aromatic carbocycles. The Hall–Kier alpha value is -1.90. The molecule has 114 valence electrons. The van der Waals surface area contributed by atoms with Crippen molar-refractivity contribution < 1.29 is 10.2 Å². The van der Waals surface area contributed by atoms with Crippen LogP contribution in [0.2, 0.25) is 0 Å². The maximum Gasteiger partial charge on any atom is 0.280 e. The number of nitrogens with one attached hydrogen (secondary N) is 1. The Bertz CT molecular complexity index is 740. The van der Waals surface area contributed by atoms with Crippen LogP contribution >= 0.6 is 12.4 Å². The predicted octanol–water partition coefficient (Wildman–Crippen LogP) is -0.406. The maximum absolute atomic E-state index is 11.7. The summed E-state index contributed by atoms with van der Waals surface area (Å²) in [5.74, 6) is -0.371. The van der Waals surface area contributed by atoms with Crippen LogP contribution in [0.25, 0.3) is 11.2 Å². The summed E-state index contributed by atoms with van der Waals surface area (Å²) in [4.78, 5) is 22.2. The molecule has 2 aromatic heterocycles. The average Bonchev–Trinajstić information content (AvgIpc) is 2.91. The number of aromatic amines is 1. The van der Waals surface area contributed by atoms with E-state index >= 15 is 0 Å². The van der Waals surface area contributed by atoms with Gasteiger partial charge < -0.3 is 20.5 Å². The number of imidazole rings is 1. The molecule has 9 heteroatoms. The van der Waals surface area contributed by atoms with E-state index in [1.165, 1.54) is 6.33 Å². The second-order valence-electron chi connectivity index (χ2n) is 4.96. The third-order valence-corrected chi connectivity index (χ3v) is 3.82. The van der Waals surface area contributed by atoms with Crippen molar-refractivity contribution in [1.29, 1.82) is 0 Å². The van der Waals surface area contributed by atoms with Crippen LogP contribution in [0, 0.1) is 5.92 Å². The minimum atomic E-state index is -0.672. The van der Waals surface area contributed by atoms with Gasteiger partial charge in [-0.05, 0) is 12.0 Å². The highest BCUT2D eigenvalue weighted by atomic mass is 35.5. The minimum absolute atomic E-state index is 0. The molecule has 1 aliphatic carbocycles. The second kappa shape index (κ2) is 5.47. The third-order valence-electron chi connectivity index (χ3n) is 3.82. The Kier molecular flexibility index (Phi) is 4.04. The van der Waals surface area contributed by atoms with Crippen LogP contribution in [-0.2, 0) is 0 Å². The van der Waals surface area contributed by atoms with Gasteiger partial charge >= 0.3 is 0 Å². The first-order valence-corrected chi connectivity index (χ1v) is 6.23. The molecule has 3 atom stereocenters. The summed E-state index contributed by atoms with van der Waals surface area (Å²) < 4.78 is 1.67. The largest absolute Gasteiger partial charge is 0.396 e. The lowest BCUT2D eigenvalue weighted by molar-refractivity contribution is 0.101. The van der Waals surface area contributed by atoms with Gasteiger partial charge in [-0.25, -0.2) is 4.98 Å². The van der Waals surface area contributed by atoms with E-state index in [0.717, 1.165) is 0 Å². The van der Waals surface area contributed by atoms with Gasteiger partial charge in [0, 0.05) is 5.92 Å². The summed E-state index contributed by atoms with van der Waals surface area (Å²) in [5.41, 5.74) is 6.37. The molecule has 3 rings (SSSR count). The molecule has 0 aliphatic heterocycles. The number of aliphatic hydroxyl groups is 2. The summed E-state index contributed by atoms with van der Waals surface area (Å²) >= 11 is 0. The van der Waals surface area contributed by atoms with Crippen LogP contribution in [0.1, 0.15) is 12.5 Å². The second-order valence-corrected chi connectivity index (χ2v) is 4.96. The number of hydrogen-bond donors (Lipinski definition) is 4. The van der Waals surface area contributed by atoms with Crippen LogP contribution in [-0.4, -0.2) is 42.4 Å². The van der Waals surface area contributed by atoms with Crippen LogP contribution in [0.5, 0.6) is 0 Å². The molecule has 0 saturated heterocycles. The number of rotatable bonds is 2. The van der Waals surface area contributed by atoms with Gasteiger partial charge in [0.25, 0.3) is 5.56 Å². The average molecular weight is 314 g/mol. The number of hydrogen-bond acceptors (Lipinski definition) is 6. The van der Waals surface area contributed by atoms with Crippen LogP contribution in [0.3, 0.4) is 0 Å². The number of aliphatic hydroxyl groups excluding tert-OH is 2. The Morgan fingerprint density at radius 3 is 2.90 bits per heavy atom. The highest BCUT2D eigenvalue weighted by Crippen LogP contribution is 2.39. The molecule has 1 aliphatic rings. The molecule has 1 fully saturated rings. The van der Waals surface area contributed by atoms with Crippen molar-refractivity contribution in [3.63, 3.8) is 0 Å². The van der Waals surface area contributed by atoms with E-state index in [1.54, 1.807) is 4.57 Å². The fourth-order valence-corrected chi connectivity index (χ4v) is 2.74. The Balaban J connectivity index is 0.00000161. The fourth-order valence-electron chi connectivity index (χ4n) is 2.74. The molecule has 0 amide bonds. The predicted molar refractivity (Wildman–Crippen MR) is 79.2 cm³/mol. The van der Waals surface area contributed by atoms with E-state index in [-0.39, 0.29) is 42.4 Å². The number of nitrogens with two attached hydrogens (primary N) is 1. The van der Waals surface area contributed by atoms with Crippen molar-refractivity contribution in [1.82, 2.24) is 19.5 Å². The first-order chi connectivity index (χ1) is 9.52. The van der Waals surface area contributed by atoms with Gasteiger partial charge in [-0.1, -0.05) is 6.58 Å². The maximum atomic E-state index is 11.7. The third kappa shape index (κ3) is 2.31. The fraction of sp³-hybridized carbons (Fsp3) is 0.417. The van der Waals surface area contributed by atoms with E-state index in [4.69, 9.17) is 5.73 Å². The van der Waals surface area contributed by atoms with Gasteiger partial charge in [-0.2, -0.15) is 4.98 Å². The number of fused-ring (bicyclic) bond motifs is 1.